The van der Waals surface area contributed by atoms with Gasteiger partial charge < -0.3 is 19.8 Å². The molecule has 2 aromatic rings. The predicted molar refractivity (Wildman–Crippen MR) is 144 cm³/mol. The SMILES string of the molecule is O=C(O)N1CCC(CN2CCC3(CC2)CN(C(=O)c2cc4ccccc4s2)CC2=C3CCC=C2)CC1. The van der Waals surface area contributed by atoms with E-state index in [-0.39, 0.29) is 11.3 Å². The molecule has 2 fully saturated rings. The smallest absolute Gasteiger partial charge is 0.407 e. The second-order valence-corrected chi connectivity index (χ2v) is 12.1. The van der Waals surface area contributed by atoms with E-state index in [1.54, 1.807) is 21.8 Å². The summed E-state index contributed by atoms with van der Waals surface area (Å²) in [6.07, 6.45) is 10.1. The minimum Gasteiger partial charge on any atom is -0.465 e. The largest absolute Gasteiger partial charge is 0.465 e. The summed E-state index contributed by atoms with van der Waals surface area (Å²) in [5.41, 5.74) is 3.07. The van der Waals surface area contributed by atoms with Crippen LogP contribution in [0.4, 0.5) is 4.79 Å². The topological polar surface area (TPSA) is 64.1 Å². The van der Waals surface area contributed by atoms with Gasteiger partial charge in [-0.1, -0.05) is 35.9 Å². The van der Waals surface area contributed by atoms with E-state index in [9.17, 15) is 14.7 Å². The molecule has 3 aliphatic heterocycles. The van der Waals surface area contributed by atoms with Crippen LogP contribution in [0, 0.1) is 11.3 Å². The van der Waals surface area contributed by atoms with E-state index in [2.05, 4.69) is 40.2 Å². The minimum atomic E-state index is -0.786. The number of carbonyl (C=O) groups excluding carboxylic acids is 1. The number of fused-ring (bicyclic) bond motifs is 2. The summed E-state index contributed by atoms with van der Waals surface area (Å²) in [5.74, 6) is 0.758. The Morgan fingerprint density at radius 1 is 1.06 bits per heavy atom. The maximum absolute atomic E-state index is 13.7. The Morgan fingerprint density at radius 3 is 2.58 bits per heavy atom. The number of likely N-dealkylation sites (tertiary alicyclic amines) is 2. The van der Waals surface area contributed by atoms with Crippen LogP contribution in [0.2, 0.25) is 0 Å². The molecule has 1 aromatic carbocycles. The average Bonchev–Trinajstić information content (AvgIpc) is 3.34. The summed E-state index contributed by atoms with van der Waals surface area (Å²) in [6, 6.07) is 10.3. The Bertz CT molecular complexity index is 1180. The van der Waals surface area contributed by atoms with Crippen LogP contribution < -0.4 is 0 Å². The van der Waals surface area contributed by atoms with Crippen molar-refractivity contribution in [3.05, 3.63) is 58.5 Å². The molecular formula is C29H35N3O3S. The molecule has 2 saturated heterocycles. The van der Waals surface area contributed by atoms with Crippen LogP contribution >= 0.6 is 11.3 Å². The summed E-state index contributed by atoms with van der Waals surface area (Å²) in [7, 11) is 0. The highest BCUT2D eigenvalue weighted by atomic mass is 32.1. The van der Waals surface area contributed by atoms with E-state index in [1.165, 1.54) is 10.3 Å². The molecule has 4 heterocycles. The molecule has 1 spiro atoms. The number of piperidine rings is 2. The molecule has 4 aliphatic rings. The van der Waals surface area contributed by atoms with Crippen molar-refractivity contribution in [3.8, 4) is 0 Å². The van der Waals surface area contributed by atoms with E-state index in [0.717, 1.165) is 81.5 Å². The quantitative estimate of drug-likeness (QED) is 0.600. The molecule has 6 nitrogen and oxygen atoms in total. The molecular weight excluding hydrogens is 470 g/mol. The van der Waals surface area contributed by atoms with Crippen LogP contribution in [0.15, 0.2) is 53.6 Å². The molecule has 0 bridgehead atoms. The van der Waals surface area contributed by atoms with Gasteiger partial charge in [0.15, 0.2) is 0 Å². The fourth-order valence-corrected chi connectivity index (χ4v) is 7.90. The van der Waals surface area contributed by atoms with Gasteiger partial charge in [-0.15, -0.1) is 11.3 Å². The van der Waals surface area contributed by atoms with Gasteiger partial charge in [-0.25, -0.2) is 4.79 Å². The van der Waals surface area contributed by atoms with Crippen molar-refractivity contribution in [3.63, 3.8) is 0 Å². The highest BCUT2D eigenvalue weighted by Crippen LogP contribution is 2.48. The molecule has 7 heteroatoms. The van der Waals surface area contributed by atoms with Gasteiger partial charge in [-0.2, -0.15) is 0 Å². The van der Waals surface area contributed by atoms with Crippen molar-refractivity contribution in [1.29, 1.82) is 0 Å². The number of rotatable bonds is 3. The number of nitrogens with zero attached hydrogens (tertiary/aromatic N) is 3. The van der Waals surface area contributed by atoms with Crippen LogP contribution in [0.1, 0.15) is 48.2 Å². The summed E-state index contributed by atoms with van der Waals surface area (Å²) in [5, 5.41) is 10.4. The average molecular weight is 506 g/mol. The van der Waals surface area contributed by atoms with Gasteiger partial charge in [-0.3, -0.25) is 4.79 Å². The lowest BCUT2D eigenvalue weighted by molar-refractivity contribution is 0.0475. The number of hydrogen-bond acceptors (Lipinski definition) is 4. The fraction of sp³-hybridized carbons (Fsp3) is 0.517. The molecule has 2 amide bonds. The summed E-state index contributed by atoms with van der Waals surface area (Å²) in [4.78, 5) is 32.0. The number of allylic oxidation sites excluding steroid dienone is 1. The zero-order chi connectivity index (χ0) is 24.7. The lowest BCUT2D eigenvalue weighted by Gasteiger charge is -2.50. The first-order chi connectivity index (χ1) is 17.5. The Balaban J connectivity index is 1.16. The molecule has 1 N–H and O–H groups in total. The van der Waals surface area contributed by atoms with E-state index < -0.39 is 6.09 Å². The summed E-state index contributed by atoms with van der Waals surface area (Å²) in [6.45, 7) is 6.07. The first-order valence-electron chi connectivity index (χ1n) is 13.4. The molecule has 0 radical (unpaired) electrons. The monoisotopic (exact) mass is 505 g/mol. The summed E-state index contributed by atoms with van der Waals surface area (Å²) < 4.78 is 1.17. The number of carboxylic acid groups (broad SMARTS) is 1. The lowest BCUT2D eigenvalue weighted by atomic mass is 9.66. The van der Waals surface area contributed by atoms with Crippen LogP contribution in [-0.2, 0) is 0 Å². The second-order valence-electron chi connectivity index (χ2n) is 11.0. The molecule has 1 aliphatic carbocycles. The molecule has 190 valence electrons. The van der Waals surface area contributed by atoms with Gasteiger partial charge in [0.1, 0.15) is 0 Å². The molecule has 0 saturated carbocycles. The van der Waals surface area contributed by atoms with Crippen molar-refractivity contribution in [2.45, 2.75) is 38.5 Å². The zero-order valence-electron chi connectivity index (χ0n) is 20.8. The first-order valence-corrected chi connectivity index (χ1v) is 14.2. The van der Waals surface area contributed by atoms with Gasteiger partial charge in [0.05, 0.1) is 4.88 Å². The third-order valence-electron chi connectivity index (χ3n) is 8.90. The third-order valence-corrected chi connectivity index (χ3v) is 10.0. The number of benzene rings is 1. The Labute approximate surface area is 216 Å². The third kappa shape index (κ3) is 4.48. The number of carbonyl (C=O) groups is 2. The number of thiophene rings is 1. The number of amides is 2. The standard InChI is InChI=1S/C29H35N3O3S/c33-27(26-17-22-5-2-4-8-25(22)36-26)32-19-23-6-1-3-7-24(23)29(20-32)11-15-30(16-12-29)18-21-9-13-31(14-10-21)28(34)35/h1-2,4-6,8,17,21H,3,7,9-16,18-20H2,(H,34,35). The van der Waals surface area contributed by atoms with Gasteiger partial charge in [-0.05, 0) is 80.6 Å². The van der Waals surface area contributed by atoms with Crippen LogP contribution in [0.3, 0.4) is 0 Å². The predicted octanol–water partition coefficient (Wildman–Crippen LogP) is 5.48. The number of hydrogen-bond donors (Lipinski definition) is 1. The van der Waals surface area contributed by atoms with Crippen LogP contribution in [0.5, 0.6) is 0 Å². The Hall–Kier alpha value is -2.64. The maximum Gasteiger partial charge on any atom is 0.407 e. The highest BCUT2D eigenvalue weighted by Gasteiger charge is 2.44. The van der Waals surface area contributed by atoms with Crippen molar-refractivity contribution < 1.29 is 14.7 Å². The first kappa shape index (κ1) is 23.7. The van der Waals surface area contributed by atoms with Crippen molar-refractivity contribution in [1.82, 2.24) is 14.7 Å². The maximum atomic E-state index is 13.7. The lowest BCUT2D eigenvalue weighted by Crippen LogP contribution is -2.53. The van der Waals surface area contributed by atoms with Gasteiger partial charge in [0, 0.05) is 42.8 Å². The van der Waals surface area contributed by atoms with Crippen molar-refractivity contribution in [2.24, 2.45) is 11.3 Å². The van der Waals surface area contributed by atoms with Crippen LogP contribution in [-0.4, -0.2) is 77.6 Å². The van der Waals surface area contributed by atoms with Gasteiger partial charge in [0.25, 0.3) is 5.91 Å². The van der Waals surface area contributed by atoms with E-state index in [1.807, 2.05) is 12.1 Å². The van der Waals surface area contributed by atoms with E-state index in [4.69, 9.17) is 0 Å². The second kappa shape index (κ2) is 9.67. The zero-order valence-corrected chi connectivity index (χ0v) is 21.6. The minimum absolute atomic E-state index is 0.0911. The van der Waals surface area contributed by atoms with Gasteiger partial charge >= 0.3 is 6.09 Å². The Kier molecular flexibility index (Phi) is 6.38. The molecule has 0 atom stereocenters. The van der Waals surface area contributed by atoms with E-state index in [0.29, 0.717) is 19.0 Å². The molecule has 6 rings (SSSR count). The van der Waals surface area contributed by atoms with E-state index >= 15 is 0 Å². The Morgan fingerprint density at radius 2 is 1.83 bits per heavy atom. The molecule has 1 aromatic heterocycles. The molecule has 36 heavy (non-hydrogen) atoms. The van der Waals surface area contributed by atoms with Crippen LogP contribution in [0.25, 0.3) is 10.1 Å². The van der Waals surface area contributed by atoms with Crippen molar-refractivity contribution >= 4 is 33.4 Å². The normalized spacial score (nSPS) is 22.9. The summed E-state index contributed by atoms with van der Waals surface area (Å²) >= 11 is 1.61. The molecule has 0 unspecified atom stereocenters. The fourth-order valence-electron chi connectivity index (χ4n) is 6.87. The van der Waals surface area contributed by atoms with Crippen molar-refractivity contribution in [2.75, 3.05) is 45.8 Å². The highest BCUT2D eigenvalue weighted by molar-refractivity contribution is 7.20. The van der Waals surface area contributed by atoms with Gasteiger partial charge in [0.2, 0.25) is 0 Å².